The van der Waals surface area contributed by atoms with E-state index >= 15 is 0 Å². The molecule has 1 aromatic carbocycles. The molecular formula is C15H18O2. The summed E-state index contributed by atoms with van der Waals surface area (Å²) in [6.07, 6.45) is 1.92. The van der Waals surface area contributed by atoms with Gasteiger partial charge in [-0.2, -0.15) is 0 Å². The smallest absolute Gasteiger partial charge is 0.229 e. The first kappa shape index (κ1) is 13.4. The van der Waals surface area contributed by atoms with Crippen molar-refractivity contribution in [2.45, 2.75) is 27.7 Å². The molecule has 0 N–H and O–H groups in total. The van der Waals surface area contributed by atoms with E-state index in [9.17, 15) is 9.59 Å². The Bertz CT molecular complexity index is 464. The highest BCUT2D eigenvalue weighted by Crippen LogP contribution is 2.15. The van der Waals surface area contributed by atoms with Crippen molar-refractivity contribution >= 4 is 17.6 Å². The molecule has 0 heterocycles. The number of allylic oxidation sites excluding steroid dienone is 1. The zero-order valence-corrected chi connectivity index (χ0v) is 10.8. The maximum atomic E-state index is 12.0. The summed E-state index contributed by atoms with van der Waals surface area (Å²) in [6.45, 7) is 7.41. The van der Waals surface area contributed by atoms with Crippen LogP contribution in [0.3, 0.4) is 0 Å². The molecule has 0 aliphatic rings. The van der Waals surface area contributed by atoms with Gasteiger partial charge < -0.3 is 0 Å². The molecule has 0 saturated carbocycles. The minimum absolute atomic E-state index is 0.262. The van der Waals surface area contributed by atoms with Crippen LogP contribution in [0.2, 0.25) is 0 Å². The Hall–Kier alpha value is -1.70. The van der Waals surface area contributed by atoms with E-state index in [0.717, 1.165) is 11.1 Å². The molecule has 0 aliphatic carbocycles. The monoisotopic (exact) mass is 230 g/mol. The Morgan fingerprint density at radius 2 is 1.71 bits per heavy atom. The fourth-order valence-corrected chi connectivity index (χ4v) is 1.54. The highest BCUT2D eigenvalue weighted by Gasteiger charge is 2.20. The number of carbonyl (C=O) groups excluding carboxylic acids is 2. The first-order valence-corrected chi connectivity index (χ1v) is 5.76. The summed E-state index contributed by atoms with van der Waals surface area (Å²) in [4.78, 5) is 23.7. The standard InChI is InChI=1S/C15H18O2/c1-10(2)9-12-7-5-6-8-13(12)15(17)14(16)11(3)4/h5-9,11H,1-4H3. The van der Waals surface area contributed by atoms with E-state index in [0.29, 0.717) is 5.56 Å². The van der Waals surface area contributed by atoms with Crippen molar-refractivity contribution in [2.75, 3.05) is 0 Å². The van der Waals surface area contributed by atoms with Crippen LogP contribution >= 0.6 is 0 Å². The molecule has 2 heteroatoms. The van der Waals surface area contributed by atoms with Gasteiger partial charge >= 0.3 is 0 Å². The van der Waals surface area contributed by atoms with Crippen molar-refractivity contribution < 1.29 is 9.59 Å². The quantitative estimate of drug-likeness (QED) is 0.586. The molecule has 90 valence electrons. The fourth-order valence-electron chi connectivity index (χ4n) is 1.54. The van der Waals surface area contributed by atoms with Gasteiger partial charge in [-0.1, -0.05) is 49.8 Å². The maximum Gasteiger partial charge on any atom is 0.229 e. The second-order valence-electron chi connectivity index (χ2n) is 4.66. The van der Waals surface area contributed by atoms with Crippen molar-refractivity contribution in [1.82, 2.24) is 0 Å². The average Bonchev–Trinajstić information content (AvgIpc) is 2.27. The van der Waals surface area contributed by atoms with Crippen LogP contribution in [0.25, 0.3) is 6.08 Å². The van der Waals surface area contributed by atoms with Gasteiger partial charge in [-0.3, -0.25) is 9.59 Å². The molecule has 0 aromatic heterocycles. The normalized spacial score (nSPS) is 10.2. The van der Waals surface area contributed by atoms with Crippen LogP contribution < -0.4 is 0 Å². The van der Waals surface area contributed by atoms with E-state index in [1.165, 1.54) is 0 Å². The Kier molecular flexibility index (Phi) is 4.38. The zero-order valence-electron chi connectivity index (χ0n) is 10.8. The van der Waals surface area contributed by atoms with Crippen molar-refractivity contribution in [3.8, 4) is 0 Å². The lowest BCUT2D eigenvalue weighted by Gasteiger charge is -2.06. The summed E-state index contributed by atoms with van der Waals surface area (Å²) in [5, 5.41) is 0. The molecule has 0 spiro atoms. The molecule has 0 fully saturated rings. The molecule has 0 atom stereocenters. The molecule has 17 heavy (non-hydrogen) atoms. The van der Waals surface area contributed by atoms with Crippen LogP contribution in [0.1, 0.15) is 43.6 Å². The lowest BCUT2D eigenvalue weighted by atomic mass is 9.95. The molecule has 0 bridgehead atoms. The van der Waals surface area contributed by atoms with E-state index in [4.69, 9.17) is 0 Å². The summed E-state index contributed by atoms with van der Waals surface area (Å²) >= 11 is 0. The van der Waals surface area contributed by atoms with Gasteiger partial charge in [0, 0.05) is 11.5 Å². The third kappa shape index (κ3) is 3.38. The van der Waals surface area contributed by atoms with Gasteiger partial charge in [-0.15, -0.1) is 0 Å². The third-order valence-electron chi connectivity index (χ3n) is 2.40. The fraction of sp³-hybridized carbons (Fsp3) is 0.333. The van der Waals surface area contributed by atoms with E-state index < -0.39 is 5.78 Å². The SMILES string of the molecule is CC(C)=Cc1ccccc1C(=O)C(=O)C(C)C. The van der Waals surface area contributed by atoms with Gasteiger partial charge in [0.15, 0.2) is 0 Å². The van der Waals surface area contributed by atoms with Crippen molar-refractivity contribution in [3.63, 3.8) is 0 Å². The molecule has 2 nitrogen and oxygen atoms in total. The average molecular weight is 230 g/mol. The van der Waals surface area contributed by atoms with Gasteiger partial charge in [0.2, 0.25) is 11.6 Å². The minimum Gasteiger partial charge on any atom is -0.290 e. The van der Waals surface area contributed by atoms with Gasteiger partial charge in [0.1, 0.15) is 0 Å². The number of hydrogen-bond donors (Lipinski definition) is 0. The van der Waals surface area contributed by atoms with Gasteiger partial charge in [-0.05, 0) is 19.4 Å². The summed E-state index contributed by atoms with van der Waals surface area (Å²) in [7, 11) is 0. The van der Waals surface area contributed by atoms with Crippen LogP contribution in [0.5, 0.6) is 0 Å². The van der Waals surface area contributed by atoms with Crippen LogP contribution in [0, 0.1) is 5.92 Å². The predicted octanol–water partition coefficient (Wildman–Crippen LogP) is 3.52. The first-order valence-electron chi connectivity index (χ1n) is 5.76. The second kappa shape index (κ2) is 5.58. The number of Topliss-reactive ketones (excluding diaryl/α,β-unsaturated/α-hetero) is 2. The number of benzene rings is 1. The van der Waals surface area contributed by atoms with E-state index in [1.807, 2.05) is 32.1 Å². The van der Waals surface area contributed by atoms with Crippen molar-refractivity contribution in [2.24, 2.45) is 5.92 Å². The first-order chi connectivity index (χ1) is 7.93. The predicted molar refractivity (Wildman–Crippen MR) is 69.9 cm³/mol. The Morgan fingerprint density at radius 1 is 1.12 bits per heavy atom. The number of carbonyl (C=O) groups is 2. The Labute approximate surface area is 102 Å². The molecule has 0 unspecified atom stereocenters. The van der Waals surface area contributed by atoms with E-state index in [2.05, 4.69) is 0 Å². The van der Waals surface area contributed by atoms with Crippen LogP contribution in [-0.4, -0.2) is 11.6 Å². The highest BCUT2D eigenvalue weighted by molar-refractivity contribution is 6.44. The molecule has 1 aromatic rings. The van der Waals surface area contributed by atoms with Crippen molar-refractivity contribution in [1.29, 1.82) is 0 Å². The van der Waals surface area contributed by atoms with Crippen LogP contribution in [-0.2, 0) is 4.79 Å². The van der Waals surface area contributed by atoms with Gasteiger partial charge in [0.05, 0.1) is 0 Å². The lowest BCUT2D eigenvalue weighted by molar-refractivity contribution is -0.117. The number of ketones is 2. The largest absolute Gasteiger partial charge is 0.290 e. The molecular weight excluding hydrogens is 212 g/mol. The lowest BCUT2D eigenvalue weighted by Crippen LogP contribution is -2.20. The second-order valence-corrected chi connectivity index (χ2v) is 4.66. The van der Waals surface area contributed by atoms with E-state index in [1.54, 1.807) is 26.0 Å². The molecule has 0 amide bonds. The summed E-state index contributed by atoms with van der Waals surface area (Å²) < 4.78 is 0. The van der Waals surface area contributed by atoms with Gasteiger partial charge in [-0.25, -0.2) is 0 Å². The Morgan fingerprint density at radius 3 is 2.24 bits per heavy atom. The van der Waals surface area contributed by atoms with Crippen molar-refractivity contribution in [3.05, 3.63) is 41.0 Å². The number of hydrogen-bond acceptors (Lipinski definition) is 2. The highest BCUT2D eigenvalue weighted by atomic mass is 16.2. The maximum absolute atomic E-state index is 12.0. The molecule has 0 radical (unpaired) electrons. The van der Waals surface area contributed by atoms with Crippen LogP contribution in [0.4, 0.5) is 0 Å². The summed E-state index contributed by atoms with van der Waals surface area (Å²) in [5.41, 5.74) is 2.40. The topological polar surface area (TPSA) is 34.1 Å². The summed E-state index contributed by atoms with van der Waals surface area (Å²) in [5.74, 6) is -0.991. The third-order valence-corrected chi connectivity index (χ3v) is 2.40. The molecule has 0 saturated heterocycles. The van der Waals surface area contributed by atoms with Crippen LogP contribution in [0.15, 0.2) is 29.8 Å². The molecule has 0 aliphatic heterocycles. The van der Waals surface area contributed by atoms with E-state index in [-0.39, 0.29) is 11.7 Å². The zero-order chi connectivity index (χ0) is 13.0. The Balaban J connectivity index is 3.19. The number of rotatable bonds is 4. The molecule has 1 rings (SSSR count). The van der Waals surface area contributed by atoms with Gasteiger partial charge in [0.25, 0.3) is 0 Å². The summed E-state index contributed by atoms with van der Waals surface area (Å²) in [6, 6.07) is 7.21. The minimum atomic E-state index is -0.395.